The van der Waals surface area contributed by atoms with Crippen molar-refractivity contribution in [3.8, 4) is 5.75 Å². The van der Waals surface area contributed by atoms with Crippen molar-refractivity contribution in [3.05, 3.63) is 75.8 Å². The van der Waals surface area contributed by atoms with Crippen LogP contribution in [0.5, 0.6) is 5.75 Å². The second-order valence-electron chi connectivity index (χ2n) is 5.32. The molecule has 0 fully saturated rings. The standard InChI is InChI=1S/C17H14F2NO5P/c1-11(12-2-4-13(5-3-12)17(18,19)26-24)10-16(21)25-15-8-6-14(7-9-15)20(22)23/h2-10H,26H2,1H3. The number of halogens is 2. The molecular formula is C17H14F2NO5P. The maximum atomic E-state index is 13.3. The van der Waals surface area contributed by atoms with Gasteiger partial charge in [0, 0.05) is 23.8 Å². The number of non-ortho nitro benzene ring substituents is 1. The quantitative estimate of drug-likeness (QED) is 0.185. The predicted molar refractivity (Wildman–Crippen MR) is 93.1 cm³/mol. The van der Waals surface area contributed by atoms with Crippen LogP contribution in [0.25, 0.3) is 5.57 Å². The molecule has 9 heteroatoms. The average Bonchev–Trinajstić information content (AvgIpc) is 2.62. The Morgan fingerprint density at radius 3 is 2.23 bits per heavy atom. The van der Waals surface area contributed by atoms with Crippen molar-refractivity contribution in [2.45, 2.75) is 12.6 Å². The minimum Gasteiger partial charge on any atom is -0.423 e. The van der Waals surface area contributed by atoms with Crippen LogP contribution in [-0.4, -0.2) is 10.9 Å². The Kier molecular flexibility index (Phi) is 6.00. The van der Waals surface area contributed by atoms with Gasteiger partial charge in [0.2, 0.25) is 0 Å². The molecule has 2 aromatic carbocycles. The summed E-state index contributed by atoms with van der Waals surface area (Å²) in [4.78, 5) is 21.9. The molecule has 0 aromatic heterocycles. The smallest absolute Gasteiger partial charge is 0.336 e. The lowest BCUT2D eigenvalue weighted by atomic mass is 10.1. The Morgan fingerprint density at radius 1 is 1.15 bits per heavy atom. The fourth-order valence-corrected chi connectivity index (χ4v) is 2.39. The van der Waals surface area contributed by atoms with Crippen molar-refractivity contribution in [2.24, 2.45) is 0 Å². The number of benzene rings is 2. The molecule has 0 radical (unpaired) electrons. The van der Waals surface area contributed by atoms with E-state index >= 15 is 0 Å². The van der Waals surface area contributed by atoms with Crippen LogP contribution in [-0.2, 0) is 15.0 Å². The monoisotopic (exact) mass is 381 g/mol. The summed E-state index contributed by atoms with van der Waals surface area (Å²) in [5.41, 5.74) is -2.85. The van der Waals surface area contributed by atoms with E-state index in [1.54, 1.807) is 6.92 Å². The van der Waals surface area contributed by atoms with Crippen LogP contribution < -0.4 is 4.74 Å². The fourth-order valence-electron chi connectivity index (χ4n) is 2.06. The molecule has 26 heavy (non-hydrogen) atoms. The van der Waals surface area contributed by atoms with Crippen LogP contribution >= 0.6 is 8.46 Å². The first kappa shape index (κ1) is 19.5. The summed E-state index contributed by atoms with van der Waals surface area (Å²) in [6, 6.07) is 10.1. The summed E-state index contributed by atoms with van der Waals surface area (Å²) in [5.74, 6) is -0.576. The number of nitro groups is 1. The second-order valence-corrected chi connectivity index (χ2v) is 6.28. The van der Waals surface area contributed by atoms with Crippen molar-refractivity contribution in [1.82, 2.24) is 0 Å². The Morgan fingerprint density at radius 2 is 1.73 bits per heavy atom. The van der Waals surface area contributed by atoms with Crippen molar-refractivity contribution in [3.63, 3.8) is 0 Å². The van der Waals surface area contributed by atoms with Crippen LogP contribution in [0.3, 0.4) is 0 Å². The Hall–Kier alpha value is -2.86. The molecule has 0 heterocycles. The minimum atomic E-state index is -3.36. The fraction of sp³-hybridized carbons (Fsp3) is 0.118. The Labute approximate surface area is 148 Å². The van der Waals surface area contributed by atoms with Crippen LogP contribution in [0.4, 0.5) is 14.5 Å². The van der Waals surface area contributed by atoms with Gasteiger partial charge < -0.3 is 9.30 Å². The van der Waals surface area contributed by atoms with Crippen molar-refractivity contribution < 1.29 is 27.8 Å². The maximum Gasteiger partial charge on any atom is 0.336 e. The SMILES string of the molecule is CC(=CC(=O)Oc1ccc([N+](=O)[O-])cc1)c1ccc(C(F)(F)[PH2]=O)cc1. The second kappa shape index (κ2) is 8.01. The summed E-state index contributed by atoms with van der Waals surface area (Å²) in [6.45, 7) is 1.60. The van der Waals surface area contributed by atoms with Gasteiger partial charge in [-0.3, -0.25) is 10.1 Å². The summed E-state index contributed by atoms with van der Waals surface area (Å²) in [7, 11) is -2.27. The minimum absolute atomic E-state index is 0.131. The molecule has 0 amide bonds. The number of carbonyl (C=O) groups excluding carboxylic acids is 1. The lowest BCUT2D eigenvalue weighted by Gasteiger charge is -2.10. The third-order valence-corrected chi connectivity index (χ3v) is 4.10. The van der Waals surface area contributed by atoms with Crippen LogP contribution in [0.2, 0.25) is 0 Å². The summed E-state index contributed by atoms with van der Waals surface area (Å²) < 4.78 is 42.3. The normalized spacial score (nSPS) is 12.3. The zero-order chi connectivity index (χ0) is 19.3. The number of esters is 1. The molecule has 0 N–H and O–H groups in total. The van der Waals surface area contributed by atoms with E-state index in [1.807, 2.05) is 0 Å². The highest BCUT2D eigenvalue weighted by Gasteiger charge is 2.29. The average molecular weight is 381 g/mol. The molecular weight excluding hydrogens is 367 g/mol. The van der Waals surface area contributed by atoms with E-state index in [0.717, 1.165) is 12.1 Å². The summed E-state index contributed by atoms with van der Waals surface area (Å²) in [6.07, 6.45) is 1.17. The van der Waals surface area contributed by atoms with Crippen LogP contribution in [0.1, 0.15) is 18.1 Å². The van der Waals surface area contributed by atoms with Gasteiger partial charge in [-0.25, -0.2) is 4.79 Å². The number of allylic oxidation sites excluding steroid dienone is 1. The van der Waals surface area contributed by atoms with E-state index in [9.17, 15) is 28.3 Å². The van der Waals surface area contributed by atoms with Crippen molar-refractivity contribution in [1.29, 1.82) is 0 Å². The number of alkyl halides is 2. The first-order chi connectivity index (χ1) is 12.2. The van der Waals surface area contributed by atoms with Crippen molar-refractivity contribution in [2.75, 3.05) is 0 Å². The van der Waals surface area contributed by atoms with Gasteiger partial charge in [-0.1, -0.05) is 24.3 Å². The molecule has 0 spiro atoms. The molecule has 1 unspecified atom stereocenters. The third-order valence-electron chi connectivity index (χ3n) is 3.47. The van der Waals surface area contributed by atoms with Crippen molar-refractivity contribution >= 4 is 25.7 Å². The zero-order valence-corrected chi connectivity index (χ0v) is 14.7. The Balaban J connectivity index is 2.09. The number of carbonyl (C=O) groups is 1. The van der Waals surface area contributed by atoms with Gasteiger partial charge in [0.05, 0.1) is 4.92 Å². The topological polar surface area (TPSA) is 86.5 Å². The van der Waals surface area contributed by atoms with Gasteiger partial charge in [0.15, 0.2) is 0 Å². The highest BCUT2D eigenvalue weighted by atomic mass is 31.1. The molecule has 1 atom stereocenters. The van der Waals surface area contributed by atoms with Crippen LogP contribution in [0.15, 0.2) is 54.6 Å². The first-order valence-corrected chi connectivity index (χ1v) is 8.37. The van der Waals surface area contributed by atoms with E-state index in [4.69, 9.17) is 4.74 Å². The number of rotatable bonds is 6. The highest BCUT2D eigenvalue weighted by molar-refractivity contribution is 7.24. The van der Waals surface area contributed by atoms with E-state index in [2.05, 4.69) is 0 Å². The first-order valence-electron chi connectivity index (χ1n) is 7.32. The molecule has 0 saturated carbocycles. The third kappa shape index (κ3) is 4.83. The van der Waals surface area contributed by atoms with Gasteiger partial charge in [0.1, 0.15) is 14.2 Å². The molecule has 0 aliphatic rings. The van der Waals surface area contributed by atoms with E-state index in [0.29, 0.717) is 11.1 Å². The molecule has 6 nitrogen and oxygen atoms in total. The maximum absolute atomic E-state index is 13.3. The predicted octanol–water partition coefficient (Wildman–Crippen LogP) is 4.41. The number of nitro benzene ring substituents is 1. The Bertz CT molecular complexity index is 864. The number of hydrogen-bond donors (Lipinski definition) is 0. The van der Waals surface area contributed by atoms with E-state index in [-0.39, 0.29) is 17.0 Å². The van der Waals surface area contributed by atoms with Gasteiger partial charge >= 0.3 is 11.6 Å². The van der Waals surface area contributed by atoms with E-state index < -0.39 is 25.0 Å². The molecule has 0 aliphatic carbocycles. The number of ether oxygens (including phenoxy) is 1. The van der Waals surface area contributed by atoms with Gasteiger partial charge in [-0.2, -0.15) is 8.78 Å². The van der Waals surface area contributed by atoms with E-state index in [1.165, 1.54) is 42.5 Å². The molecule has 0 aliphatic heterocycles. The van der Waals surface area contributed by atoms with Gasteiger partial charge in [0.25, 0.3) is 5.69 Å². The molecule has 0 bridgehead atoms. The summed E-state index contributed by atoms with van der Waals surface area (Å²) >= 11 is 0. The van der Waals surface area contributed by atoms with Gasteiger partial charge in [-0.05, 0) is 30.2 Å². The highest BCUT2D eigenvalue weighted by Crippen LogP contribution is 2.38. The lowest BCUT2D eigenvalue weighted by molar-refractivity contribution is -0.384. The van der Waals surface area contributed by atoms with Gasteiger partial charge in [-0.15, -0.1) is 0 Å². The number of nitrogens with zero attached hydrogens (tertiary/aromatic N) is 1. The zero-order valence-electron chi connectivity index (χ0n) is 13.5. The number of hydrogen-bond acceptors (Lipinski definition) is 5. The molecule has 0 saturated heterocycles. The van der Waals surface area contributed by atoms with Crippen LogP contribution in [0, 0.1) is 10.1 Å². The largest absolute Gasteiger partial charge is 0.423 e. The molecule has 136 valence electrons. The lowest BCUT2D eigenvalue weighted by Crippen LogP contribution is -2.05. The molecule has 2 aromatic rings. The molecule has 2 rings (SSSR count). The summed E-state index contributed by atoms with van der Waals surface area (Å²) in [5, 5.41) is 10.6.